The highest BCUT2D eigenvalue weighted by Gasteiger charge is 2.71. The number of fused-ring (bicyclic) bond motifs is 12. The summed E-state index contributed by atoms with van der Waals surface area (Å²) in [5.41, 5.74) is 32.8. The van der Waals surface area contributed by atoms with Crippen molar-refractivity contribution in [2.24, 2.45) is 17.8 Å². The third-order valence-electron chi connectivity index (χ3n) is 22.3. The van der Waals surface area contributed by atoms with Gasteiger partial charge < -0.3 is 0 Å². The molecule has 3 fully saturated rings. The Morgan fingerprint density at radius 3 is 1.22 bits per heavy atom. The SMILES string of the molecule is CC.CC.CC.CC.CC.CC.CC.CC.CC.CC.CC.CC.c1cc2c3c(c1)-c1cccc[n+]1C31c3c(cccc3C3CCCC31)C2.c1ccc2c(c1)-c1cccc3[n+]1C21c2c(cccc2C2CCCC21)C3.c1ccc2c(c1)-c1cccc3c1C21C2CCCC2c2cccc([n+]21)C3. The lowest BCUT2D eigenvalue weighted by Gasteiger charge is -2.34. The second-order valence-electron chi connectivity index (χ2n) is 24.8. The van der Waals surface area contributed by atoms with Crippen LogP contribution in [0.15, 0.2) is 182 Å². The summed E-state index contributed by atoms with van der Waals surface area (Å²) in [6.07, 6.45) is 17.9. The first-order valence-electron chi connectivity index (χ1n) is 41.0. The van der Waals surface area contributed by atoms with Crippen LogP contribution in [0.4, 0.5) is 0 Å². The molecule has 99 heavy (non-hydrogen) atoms. The van der Waals surface area contributed by atoms with Gasteiger partial charge in [-0.2, -0.15) is 13.7 Å². The second-order valence-corrected chi connectivity index (χ2v) is 24.8. The molecule has 5 aliphatic heterocycles. The van der Waals surface area contributed by atoms with Gasteiger partial charge in [-0.15, -0.1) is 0 Å². The van der Waals surface area contributed by atoms with Crippen LogP contribution in [0.5, 0.6) is 0 Å². The van der Waals surface area contributed by atoms with E-state index in [4.69, 9.17) is 0 Å². The Hall–Kier alpha value is -7.23. The van der Waals surface area contributed by atoms with Crippen LogP contribution >= 0.6 is 0 Å². The zero-order valence-corrected chi connectivity index (χ0v) is 66.6. The van der Waals surface area contributed by atoms with Crippen LogP contribution in [0.1, 0.15) is 326 Å². The smallest absolute Gasteiger partial charge is 0.185 e. The van der Waals surface area contributed by atoms with E-state index in [9.17, 15) is 0 Å². The van der Waals surface area contributed by atoms with Crippen LogP contribution in [-0.4, -0.2) is 0 Å². The molecular weight excluding hydrogens is 1200 g/mol. The molecule has 528 valence electrons. The van der Waals surface area contributed by atoms with Crippen LogP contribution in [0.25, 0.3) is 33.6 Å². The third kappa shape index (κ3) is 11.7. The van der Waals surface area contributed by atoms with Crippen molar-refractivity contribution >= 4 is 0 Å². The lowest BCUT2D eigenvalue weighted by atomic mass is 9.69. The van der Waals surface area contributed by atoms with Gasteiger partial charge in [-0.05, 0) is 132 Å². The molecule has 3 spiro atoms. The Morgan fingerprint density at radius 2 is 0.646 bits per heavy atom. The van der Waals surface area contributed by atoms with Crippen molar-refractivity contribution in [2.75, 3.05) is 0 Å². The van der Waals surface area contributed by atoms with Gasteiger partial charge in [-0.3, -0.25) is 0 Å². The molecule has 0 radical (unpaired) electrons. The minimum Gasteiger partial charge on any atom is -0.185 e. The number of hydrogen-bond donors (Lipinski definition) is 0. The number of benzene rings is 6. The first-order chi connectivity index (χ1) is 49.2. The van der Waals surface area contributed by atoms with Gasteiger partial charge in [0.2, 0.25) is 28.0 Å². The molecule has 6 aromatic carbocycles. The molecule has 3 heteroatoms. The number of pyridine rings is 3. The van der Waals surface area contributed by atoms with Gasteiger partial charge in [0.25, 0.3) is 0 Å². The van der Waals surface area contributed by atoms with Crippen molar-refractivity contribution in [3.05, 3.63) is 266 Å². The molecule has 8 heterocycles. The summed E-state index contributed by atoms with van der Waals surface area (Å²) >= 11 is 0. The Balaban J connectivity index is 0.000000181. The fourth-order valence-electron chi connectivity index (χ4n) is 20.5. The van der Waals surface area contributed by atoms with E-state index >= 15 is 0 Å². The Labute approximate surface area is 605 Å². The molecule has 9 unspecified atom stereocenters. The van der Waals surface area contributed by atoms with Gasteiger partial charge in [0, 0.05) is 87.5 Å². The molecule has 0 bridgehead atoms. The van der Waals surface area contributed by atoms with Gasteiger partial charge in [-0.1, -0.05) is 295 Å². The normalized spacial score (nSPS) is 22.8. The van der Waals surface area contributed by atoms with E-state index in [-0.39, 0.29) is 16.6 Å². The maximum Gasteiger partial charge on any atom is 0.224 e. The van der Waals surface area contributed by atoms with E-state index < -0.39 is 0 Å². The van der Waals surface area contributed by atoms with E-state index in [2.05, 4.69) is 196 Å². The summed E-state index contributed by atoms with van der Waals surface area (Å²) in [4.78, 5) is 0. The number of aromatic nitrogens is 3. The first kappa shape index (κ1) is 79.1. The van der Waals surface area contributed by atoms with E-state index in [0.717, 1.165) is 54.8 Å². The molecule has 3 saturated carbocycles. The largest absolute Gasteiger partial charge is 0.224 e. The third-order valence-corrected chi connectivity index (χ3v) is 22.3. The number of hydrogen-bond acceptors (Lipinski definition) is 0. The first-order valence-corrected chi connectivity index (χ1v) is 41.0. The monoisotopic (exact) mass is 1330 g/mol. The van der Waals surface area contributed by atoms with Crippen LogP contribution in [-0.2, 0) is 35.9 Å². The Bertz CT molecular complexity index is 3650. The summed E-state index contributed by atoms with van der Waals surface area (Å²) in [5, 5.41) is 0. The average molecular weight is 1330 g/mol. The van der Waals surface area contributed by atoms with Crippen molar-refractivity contribution in [1.29, 1.82) is 0 Å². The van der Waals surface area contributed by atoms with E-state index in [1.165, 1.54) is 103 Å². The summed E-state index contributed by atoms with van der Waals surface area (Å²) in [6, 6.07) is 67.5. The van der Waals surface area contributed by atoms with Crippen LogP contribution in [0.2, 0.25) is 0 Å². The highest BCUT2D eigenvalue weighted by Crippen LogP contribution is 2.67. The van der Waals surface area contributed by atoms with Gasteiger partial charge in [0.1, 0.15) is 0 Å². The van der Waals surface area contributed by atoms with Gasteiger partial charge in [0.05, 0.1) is 29.9 Å². The van der Waals surface area contributed by atoms with Crippen molar-refractivity contribution < 1.29 is 13.7 Å². The molecule has 12 aliphatic rings. The summed E-state index contributed by atoms with van der Waals surface area (Å²) < 4.78 is 8.18. The van der Waals surface area contributed by atoms with Crippen LogP contribution in [0, 0.1) is 17.8 Å². The second kappa shape index (κ2) is 35.9. The molecule has 0 saturated heterocycles. The Kier molecular flexibility index (Phi) is 28.7. The fraction of sp³-hybridized carbons (Fsp3) is 0.469. The van der Waals surface area contributed by atoms with Crippen molar-refractivity contribution in [3.63, 3.8) is 0 Å². The Morgan fingerprint density at radius 1 is 0.273 bits per heavy atom. The summed E-state index contributed by atoms with van der Waals surface area (Å²) in [6.45, 7) is 48.0. The van der Waals surface area contributed by atoms with Crippen molar-refractivity contribution in [1.82, 2.24) is 0 Å². The van der Waals surface area contributed by atoms with Crippen LogP contribution < -0.4 is 13.7 Å². The van der Waals surface area contributed by atoms with Gasteiger partial charge >= 0.3 is 0 Å². The fourth-order valence-corrected chi connectivity index (χ4v) is 20.5. The minimum absolute atomic E-state index is 0.0634. The minimum atomic E-state index is 0.0634. The predicted octanol–water partition coefficient (Wildman–Crippen LogP) is 26.0. The quantitative estimate of drug-likeness (QED) is 0.134. The molecule has 3 nitrogen and oxygen atoms in total. The predicted molar refractivity (Wildman–Crippen MR) is 429 cm³/mol. The molecule has 3 aromatic heterocycles. The zero-order valence-electron chi connectivity index (χ0n) is 66.6. The van der Waals surface area contributed by atoms with E-state index in [1.54, 1.807) is 72.5 Å². The van der Waals surface area contributed by atoms with E-state index in [0.29, 0.717) is 0 Å². The molecule has 0 N–H and O–H groups in total. The molecule has 0 amide bonds. The van der Waals surface area contributed by atoms with Crippen LogP contribution in [0.3, 0.4) is 0 Å². The summed E-state index contributed by atoms with van der Waals surface area (Å²) in [7, 11) is 0. The molecule has 21 rings (SSSR count). The average Bonchev–Trinajstić information content (AvgIpc) is 1.51. The lowest BCUT2D eigenvalue weighted by molar-refractivity contribution is -0.750. The highest BCUT2D eigenvalue weighted by atomic mass is 15.2. The van der Waals surface area contributed by atoms with Crippen molar-refractivity contribution in [3.8, 4) is 33.6 Å². The molecule has 9 atom stereocenters. The summed E-state index contributed by atoms with van der Waals surface area (Å²) in [5.74, 6) is 4.37. The van der Waals surface area contributed by atoms with Crippen molar-refractivity contribution in [2.45, 2.75) is 278 Å². The van der Waals surface area contributed by atoms with E-state index in [1.807, 2.05) is 166 Å². The highest BCUT2D eigenvalue weighted by molar-refractivity contribution is 5.83. The topological polar surface area (TPSA) is 11.6 Å². The number of nitrogens with zero attached hydrogens (tertiary/aromatic N) is 3. The van der Waals surface area contributed by atoms with Gasteiger partial charge in [0.15, 0.2) is 23.3 Å². The lowest BCUT2D eigenvalue weighted by Crippen LogP contribution is -2.62. The number of rotatable bonds is 0. The van der Waals surface area contributed by atoms with Gasteiger partial charge in [-0.25, -0.2) is 0 Å². The molecule has 9 aromatic rings. The maximum atomic E-state index is 2.78. The molecule has 7 aliphatic carbocycles. The molecular formula is C96H132N3+3. The standard InChI is InChI=1S/3C24H20N.12C2H6/c1-2-13-25-21(12-1)19-10-4-7-16-14-15-6-3-9-18-17-8-5-11-20(17)24(25,22(15)18)23(16)19;1-2-11-21-19(8-1)22-13-4-7-16-14-15-6-3-10-18-17-9-5-12-20(17)24(21,23(15)18)25(16)22;1-2-11-20-17(8-1)18-9-3-6-15-14-16-7-4-13-22-19-10-5-12-21(19)24(20,23(15)18)25(16)22;12*1-2/h1-4,6-7,9-10,12-13,17,20H,5,8,11,14H2;1-4,6-8,10-11,13,17,20H,5,9,12,14H2;1-4,6-9,11,13,19,21H,5,10,12,14H2;12*1-2H3/q3*+1;;;;;;;;;;;;. The maximum absolute atomic E-state index is 2.78. The zero-order chi connectivity index (χ0) is 72.5.